The summed E-state index contributed by atoms with van der Waals surface area (Å²) in [4.78, 5) is 12.2. The number of benzene rings is 1. The number of hydrogen-bond acceptors (Lipinski definition) is 5. The van der Waals surface area contributed by atoms with Gasteiger partial charge in [-0.15, -0.1) is 10.2 Å². The minimum absolute atomic E-state index is 0.125. The number of nitrogens with zero attached hydrogens (tertiary/aromatic N) is 4. The summed E-state index contributed by atoms with van der Waals surface area (Å²) in [7, 11) is 0. The van der Waals surface area contributed by atoms with Gasteiger partial charge in [-0.25, -0.2) is 0 Å². The molecule has 2 aromatic heterocycles. The van der Waals surface area contributed by atoms with Gasteiger partial charge in [0, 0.05) is 24.0 Å². The second-order valence-corrected chi connectivity index (χ2v) is 6.51. The summed E-state index contributed by atoms with van der Waals surface area (Å²) in [5, 5.41) is 16.7. The minimum Gasteiger partial charge on any atom is -0.347 e. The first-order valence-corrected chi connectivity index (χ1v) is 8.16. The smallest absolute Gasteiger partial charge is 0.282 e. The maximum Gasteiger partial charge on any atom is 0.282 e. The van der Waals surface area contributed by atoms with E-state index >= 15 is 0 Å². The van der Waals surface area contributed by atoms with E-state index < -0.39 is 0 Å². The Balaban J connectivity index is 1.77. The first-order chi connectivity index (χ1) is 11.1. The first kappa shape index (κ1) is 15.6. The van der Waals surface area contributed by atoms with Crippen molar-refractivity contribution in [2.45, 2.75) is 13.0 Å². The Morgan fingerprint density at radius 1 is 1.35 bits per heavy atom. The van der Waals surface area contributed by atoms with E-state index in [0.717, 1.165) is 10.6 Å². The second-order valence-electron chi connectivity index (χ2n) is 4.89. The van der Waals surface area contributed by atoms with Crippen molar-refractivity contribution in [2.75, 3.05) is 6.54 Å². The Morgan fingerprint density at radius 3 is 2.74 bits per heavy atom. The lowest BCUT2D eigenvalue weighted by atomic mass is 10.1. The highest BCUT2D eigenvalue weighted by molar-refractivity contribution is 7.13. The van der Waals surface area contributed by atoms with Crippen molar-refractivity contribution in [3.63, 3.8) is 0 Å². The van der Waals surface area contributed by atoms with Crippen molar-refractivity contribution >= 4 is 28.8 Å². The molecule has 2 heterocycles. The number of halogens is 1. The van der Waals surface area contributed by atoms with Crippen LogP contribution in [-0.2, 0) is 0 Å². The van der Waals surface area contributed by atoms with Gasteiger partial charge in [0.25, 0.3) is 5.91 Å². The van der Waals surface area contributed by atoms with Crippen molar-refractivity contribution < 1.29 is 4.79 Å². The maximum absolute atomic E-state index is 12.2. The van der Waals surface area contributed by atoms with Crippen LogP contribution in [0.3, 0.4) is 0 Å². The Labute approximate surface area is 142 Å². The molecule has 3 aromatic rings. The zero-order valence-corrected chi connectivity index (χ0v) is 13.9. The van der Waals surface area contributed by atoms with E-state index in [4.69, 9.17) is 11.6 Å². The molecule has 8 heteroatoms. The molecule has 0 aliphatic rings. The molecule has 0 unspecified atom stereocenters. The maximum atomic E-state index is 12.2. The minimum atomic E-state index is -0.235. The quantitative estimate of drug-likeness (QED) is 0.770. The lowest BCUT2D eigenvalue weighted by molar-refractivity contribution is 0.0948. The number of aromatic nitrogens is 4. The molecule has 1 amide bonds. The lowest BCUT2D eigenvalue weighted by Crippen LogP contribution is -2.31. The number of amides is 1. The van der Waals surface area contributed by atoms with Gasteiger partial charge in [-0.2, -0.15) is 5.10 Å². The molecule has 0 bridgehead atoms. The third-order valence-electron chi connectivity index (χ3n) is 3.28. The van der Waals surface area contributed by atoms with E-state index in [9.17, 15) is 4.79 Å². The Morgan fingerprint density at radius 2 is 2.13 bits per heavy atom. The van der Waals surface area contributed by atoms with Crippen LogP contribution in [0.5, 0.6) is 0 Å². The van der Waals surface area contributed by atoms with Gasteiger partial charge in [-0.1, -0.05) is 35.1 Å². The first-order valence-electron chi connectivity index (χ1n) is 6.96. The van der Waals surface area contributed by atoms with Crippen LogP contribution in [0.1, 0.15) is 26.4 Å². The molecule has 6 nitrogen and oxygen atoms in total. The zero-order valence-electron chi connectivity index (χ0n) is 12.3. The molecule has 3 rings (SSSR count). The summed E-state index contributed by atoms with van der Waals surface area (Å²) in [6.45, 7) is 2.20. The molecule has 1 N–H and O–H groups in total. The van der Waals surface area contributed by atoms with Crippen molar-refractivity contribution in [2.24, 2.45) is 0 Å². The van der Waals surface area contributed by atoms with Crippen molar-refractivity contribution in [1.29, 1.82) is 0 Å². The van der Waals surface area contributed by atoms with E-state index in [-0.39, 0.29) is 11.9 Å². The van der Waals surface area contributed by atoms with Gasteiger partial charge >= 0.3 is 0 Å². The van der Waals surface area contributed by atoms with Crippen LogP contribution in [0.25, 0.3) is 0 Å². The van der Waals surface area contributed by atoms with Crippen LogP contribution in [0.4, 0.5) is 0 Å². The SMILES string of the molecule is Cc1nnc(C(=O)NC[C@@H](c2ccc(Cl)cc2)n2cccn2)s1. The van der Waals surface area contributed by atoms with E-state index in [0.29, 0.717) is 16.6 Å². The fourth-order valence-electron chi connectivity index (χ4n) is 2.17. The number of hydrogen-bond donors (Lipinski definition) is 1. The Bertz CT molecular complexity index is 785. The number of carbonyl (C=O) groups is 1. The standard InChI is InChI=1S/C15H14ClN5OS/c1-10-19-20-15(23-10)14(22)17-9-13(21-8-2-7-18-21)11-3-5-12(16)6-4-11/h2-8,13H,9H2,1H3,(H,17,22)/t13-/m0/s1. The number of carbonyl (C=O) groups excluding carboxylic acids is 1. The van der Waals surface area contributed by atoms with Gasteiger partial charge in [0.15, 0.2) is 0 Å². The summed E-state index contributed by atoms with van der Waals surface area (Å²) in [6.07, 6.45) is 3.57. The van der Waals surface area contributed by atoms with Gasteiger partial charge in [0.05, 0.1) is 6.04 Å². The summed E-state index contributed by atoms with van der Waals surface area (Å²) in [5.74, 6) is -0.235. The number of nitrogens with one attached hydrogen (secondary N) is 1. The molecule has 1 atom stereocenters. The van der Waals surface area contributed by atoms with Gasteiger partial charge in [-0.05, 0) is 30.7 Å². The van der Waals surface area contributed by atoms with Crippen molar-refractivity contribution in [1.82, 2.24) is 25.3 Å². The van der Waals surface area contributed by atoms with Gasteiger partial charge in [-0.3, -0.25) is 9.48 Å². The predicted octanol–water partition coefficient (Wildman–Crippen LogP) is 2.72. The second kappa shape index (κ2) is 6.89. The molecule has 118 valence electrons. The summed E-state index contributed by atoms with van der Waals surface area (Å²) in [6, 6.07) is 9.22. The van der Waals surface area contributed by atoms with Crippen LogP contribution in [0, 0.1) is 6.92 Å². The summed E-state index contributed by atoms with van der Waals surface area (Å²) in [5.41, 5.74) is 1.01. The number of rotatable bonds is 5. The molecule has 0 aliphatic heterocycles. The Hall–Kier alpha value is -2.25. The zero-order chi connectivity index (χ0) is 16.2. The molecule has 0 saturated carbocycles. The van der Waals surface area contributed by atoms with Crippen LogP contribution in [0.15, 0.2) is 42.7 Å². The van der Waals surface area contributed by atoms with Gasteiger partial charge in [0.1, 0.15) is 5.01 Å². The van der Waals surface area contributed by atoms with Gasteiger partial charge < -0.3 is 5.32 Å². The largest absolute Gasteiger partial charge is 0.347 e. The third kappa shape index (κ3) is 3.75. The third-order valence-corrected chi connectivity index (χ3v) is 4.36. The number of aryl methyl sites for hydroxylation is 1. The van der Waals surface area contributed by atoms with Crippen LogP contribution >= 0.6 is 22.9 Å². The molecule has 0 aliphatic carbocycles. The summed E-state index contributed by atoms with van der Waals surface area (Å²) >= 11 is 7.21. The predicted molar refractivity (Wildman–Crippen MR) is 88.8 cm³/mol. The topological polar surface area (TPSA) is 72.7 Å². The van der Waals surface area contributed by atoms with Crippen molar-refractivity contribution in [3.05, 3.63) is 63.3 Å². The molecule has 0 saturated heterocycles. The van der Waals surface area contributed by atoms with E-state index in [1.165, 1.54) is 11.3 Å². The fourth-order valence-corrected chi connectivity index (χ4v) is 2.90. The average molecular weight is 348 g/mol. The monoisotopic (exact) mass is 347 g/mol. The molecular formula is C15H14ClN5OS. The Kier molecular flexibility index (Phi) is 4.68. The van der Waals surface area contributed by atoms with Crippen LogP contribution in [-0.4, -0.2) is 32.4 Å². The van der Waals surface area contributed by atoms with Crippen LogP contribution < -0.4 is 5.32 Å². The van der Waals surface area contributed by atoms with Gasteiger partial charge in [0.2, 0.25) is 5.01 Å². The van der Waals surface area contributed by atoms with Crippen LogP contribution in [0.2, 0.25) is 5.02 Å². The molecule has 1 aromatic carbocycles. The average Bonchev–Trinajstić information content (AvgIpc) is 3.21. The molecule has 0 radical (unpaired) electrons. The highest BCUT2D eigenvalue weighted by Gasteiger charge is 2.17. The molecule has 0 fully saturated rings. The highest BCUT2D eigenvalue weighted by Crippen LogP contribution is 2.19. The molecule has 0 spiro atoms. The van der Waals surface area contributed by atoms with E-state index in [1.54, 1.807) is 10.9 Å². The molecular weight excluding hydrogens is 334 g/mol. The lowest BCUT2D eigenvalue weighted by Gasteiger charge is -2.18. The van der Waals surface area contributed by atoms with E-state index in [2.05, 4.69) is 20.6 Å². The van der Waals surface area contributed by atoms with E-state index in [1.807, 2.05) is 43.5 Å². The highest BCUT2D eigenvalue weighted by atomic mass is 35.5. The fraction of sp³-hybridized carbons (Fsp3) is 0.200. The molecule has 23 heavy (non-hydrogen) atoms. The summed E-state index contributed by atoms with van der Waals surface area (Å²) < 4.78 is 1.80. The van der Waals surface area contributed by atoms with Crippen molar-refractivity contribution in [3.8, 4) is 0 Å². The normalized spacial score (nSPS) is 12.1.